The fourth-order valence-corrected chi connectivity index (χ4v) is 2.16. The third-order valence-corrected chi connectivity index (χ3v) is 3.18. The van der Waals surface area contributed by atoms with Gasteiger partial charge in [0.2, 0.25) is 17.6 Å². The molecule has 7 nitrogen and oxygen atoms in total. The van der Waals surface area contributed by atoms with E-state index >= 15 is 0 Å². The van der Waals surface area contributed by atoms with E-state index in [0.717, 1.165) is 10.6 Å². The van der Waals surface area contributed by atoms with E-state index in [9.17, 15) is 22.0 Å². The minimum atomic E-state index is -4.92. The molecular weight excluding hydrogens is 365 g/mol. The van der Waals surface area contributed by atoms with Crippen LogP contribution < -0.4 is 9.47 Å². The Morgan fingerprint density at radius 2 is 1.73 bits per heavy atom. The number of methoxy groups -OCH3 is 1. The van der Waals surface area contributed by atoms with Gasteiger partial charge in [-0.1, -0.05) is 0 Å². The lowest BCUT2D eigenvalue weighted by Crippen LogP contribution is -2.18. The van der Waals surface area contributed by atoms with E-state index in [2.05, 4.69) is 25.0 Å². The average molecular weight is 375 g/mol. The second kappa shape index (κ2) is 6.04. The fraction of sp³-hybridized carbons (Fsp3) is 0.286. The van der Waals surface area contributed by atoms with Crippen molar-refractivity contribution < 1.29 is 31.4 Å². The lowest BCUT2D eigenvalue weighted by Gasteiger charge is -2.12. The second-order valence-electron chi connectivity index (χ2n) is 5.15. The summed E-state index contributed by atoms with van der Waals surface area (Å²) in [5, 5.41) is 11.0. The normalized spacial score (nSPS) is 12.4. The number of halogens is 5. The van der Waals surface area contributed by atoms with Gasteiger partial charge in [-0.25, -0.2) is 0 Å². The van der Waals surface area contributed by atoms with Crippen LogP contribution in [0.4, 0.5) is 22.0 Å². The first-order chi connectivity index (χ1) is 12.1. The van der Waals surface area contributed by atoms with Crippen LogP contribution in [0, 0.1) is 0 Å². The smallest absolute Gasteiger partial charge is 0.480 e. The van der Waals surface area contributed by atoms with Crippen molar-refractivity contribution in [3.05, 3.63) is 30.1 Å². The monoisotopic (exact) mass is 375 g/mol. The van der Waals surface area contributed by atoms with Crippen molar-refractivity contribution in [1.82, 2.24) is 24.8 Å². The van der Waals surface area contributed by atoms with Gasteiger partial charge in [-0.3, -0.25) is 0 Å². The summed E-state index contributed by atoms with van der Waals surface area (Å²) >= 11 is 0. The molecule has 0 spiro atoms. The first-order valence-corrected chi connectivity index (χ1v) is 7.00. The van der Waals surface area contributed by atoms with E-state index in [1.807, 2.05) is 0 Å². The van der Waals surface area contributed by atoms with E-state index in [0.29, 0.717) is 6.92 Å². The third-order valence-electron chi connectivity index (χ3n) is 3.18. The molecule has 0 bridgehead atoms. The Balaban J connectivity index is 2.08. The van der Waals surface area contributed by atoms with Crippen LogP contribution >= 0.6 is 0 Å². The molecule has 0 fully saturated rings. The molecule has 3 rings (SSSR count). The molecule has 0 saturated heterocycles. The molecule has 138 valence electrons. The molecule has 0 radical (unpaired) electrons. The van der Waals surface area contributed by atoms with Crippen LogP contribution in [-0.4, -0.2) is 38.3 Å². The molecule has 0 atom stereocenters. The van der Waals surface area contributed by atoms with Crippen LogP contribution in [0.25, 0.3) is 16.9 Å². The summed E-state index contributed by atoms with van der Waals surface area (Å²) in [7, 11) is 1.19. The van der Waals surface area contributed by atoms with E-state index < -0.39 is 24.0 Å². The van der Waals surface area contributed by atoms with Gasteiger partial charge in [-0.05, 0) is 18.2 Å². The molecule has 0 aliphatic heterocycles. The lowest BCUT2D eigenvalue weighted by molar-refractivity contribution is -0.276. The van der Waals surface area contributed by atoms with Gasteiger partial charge in [0.05, 0.1) is 18.4 Å². The van der Waals surface area contributed by atoms with E-state index in [4.69, 9.17) is 4.74 Å². The summed E-state index contributed by atoms with van der Waals surface area (Å²) in [5.74, 6) is -4.93. The first-order valence-electron chi connectivity index (χ1n) is 7.00. The van der Waals surface area contributed by atoms with Gasteiger partial charge in [-0.2, -0.15) is 23.4 Å². The van der Waals surface area contributed by atoms with Gasteiger partial charge in [0, 0.05) is 13.0 Å². The number of aromatic nitrogens is 5. The van der Waals surface area contributed by atoms with Crippen molar-refractivity contribution in [2.45, 2.75) is 19.2 Å². The van der Waals surface area contributed by atoms with Crippen molar-refractivity contribution in [1.29, 1.82) is 0 Å². The number of alkyl halides is 5. The number of hydrogen-bond acceptors (Lipinski definition) is 6. The Labute approximate surface area is 142 Å². The standard InChI is InChI=1S/C14H10F5N5O2/c1-13(15,16)12-22-21-9-5-4-8(23-24(9)12)7-3-6-10(20-11(7)25-2)26-14(17,18)19/h3-6H,1-2H3. The van der Waals surface area contributed by atoms with Crippen LogP contribution in [0.15, 0.2) is 24.3 Å². The first kappa shape index (κ1) is 17.8. The Kier molecular flexibility index (Phi) is 4.12. The van der Waals surface area contributed by atoms with Crippen LogP contribution in [0.5, 0.6) is 11.8 Å². The van der Waals surface area contributed by atoms with Crippen LogP contribution in [-0.2, 0) is 5.92 Å². The molecule has 0 aliphatic rings. The van der Waals surface area contributed by atoms with Crippen LogP contribution in [0.3, 0.4) is 0 Å². The Hall–Kier alpha value is -3.05. The maximum atomic E-state index is 13.6. The molecule has 0 aromatic carbocycles. The van der Waals surface area contributed by atoms with Crippen molar-refractivity contribution in [3.8, 4) is 23.0 Å². The quantitative estimate of drug-likeness (QED) is 0.652. The number of hydrogen-bond donors (Lipinski definition) is 0. The van der Waals surface area contributed by atoms with Crippen molar-refractivity contribution in [3.63, 3.8) is 0 Å². The summed E-state index contributed by atoms with van der Waals surface area (Å²) in [6, 6.07) is 4.98. The molecule has 3 heterocycles. The van der Waals surface area contributed by atoms with E-state index in [1.54, 1.807) is 0 Å². The summed E-state index contributed by atoms with van der Waals surface area (Å²) in [6.45, 7) is 0.642. The highest BCUT2D eigenvalue weighted by Crippen LogP contribution is 2.32. The molecule has 26 heavy (non-hydrogen) atoms. The number of fused-ring (bicyclic) bond motifs is 1. The predicted octanol–water partition coefficient (Wildman–Crippen LogP) is 3.21. The number of nitrogens with zero attached hydrogens (tertiary/aromatic N) is 5. The Bertz CT molecular complexity index is 951. The average Bonchev–Trinajstić information content (AvgIpc) is 2.96. The summed E-state index contributed by atoms with van der Waals surface area (Å²) in [5.41, 5.74) is 0.364. The van der Waals surface area contributed by atoms with Gasteiger partial charge in [0.15, 0.2) is 5.65 Å². The topological polar surface area (TPSA) is 74.4 Å². The molecule has 0 amide bonds. The summed E-state index contributed by atoms with van der Waals surface area (Å²) in [6.07, 6.45) is -4.92. The zero-order chi connectivity index (χ0) is 19.1. The summed E-state index contributed by atoms with van der Waals surface area (Å²) < 4.78 is 73.6. The molecule has 3 aromatic heterocycles. The van der Waals surface area contributed by atoms with Crippen molar-refractivity contribution in [2.24, 2.45) is 0 Å². The number of ether oxygens (including phenoxy) is 2. The maximum Gasteiger partial charge on any atom is 0.574 e. The number of rotatable bonds is 4. The van der Waals surface area contributed by atoms with Gasteiger partial charge in [0.25, 0.3) is 0 Å². The molecule has 12 heteroatoms. The highest BCUT2D eigenvalue weighted by molar-refractivity contribution is 5.66. The minimum absolute atomic E-state index is 0.0780. The van der Waals surface area contributed by atoms with Gasteiger partial charge < -0.3 is 9.47 Å². The Morgan fingerprint density at radius 1 is 1.00 bits per heavy atom. The lowest BCUT2D eigenvalue weighted by atomic mass is 10.2. The second-order valence-corrected chi connectivity index (χ2v) is 5.15. The minimum Gasteiger partial charge on any atom is -0.480 e. The Morgan fingerprint density at radius 3 is 2.35 bits per heavy atom. The maximum absolute atomic E-state index is 13.6. The van der Waals surface area contributed by atoms with Crippen molar-refractivity contribution >= 4 is 5.65 Å². The van der Waals surface area contributed by atoms with Gasteiger partial charge >= 0.3 is 12.3 Å². The zero-order valence-corrected chi connectivity index (χ0v) is 13.3. The fourth-order valence-electron chi connectivity index (χ4n) is 2.16. The van der Waals surface area contributed by atoms with Gasteiger partial charge in [-0.15, -0.1) is 23.4 Å². The highest BCUT2D eigenvalue weighted by Gasteiger charge is 2.33. The predicted molar refractivity (Wildman–Crippen MR) is 76.8 cm³/mol. The molecule has 0 saturated carbocycles. The van der Waals surface area contributed by atoms with Crippen molar-refractivity contribution in [2.75, 3.05) is 7.11 Å². The summed E-state index contributed by atoms with van der Waals surface area (Å²) in [4.78, 5) is 3.60. The molecule has 0 unspecified atom stereocenters. The largest absolute Gasteiger partial charge is 0.574 e. The van der Waals surface area contributed by atoms with E-state index in [-0.39, 0.29) is 22.8 Å². The van der Waals surface area contributed by atoms with Crippen LogP contribution in [0.1, 0.15) is 12.7 Å². The molecule has 0 aliphatic carbocycles. The third kappa shape index (κ3) is 3.48. The molecular formula is C14H10F5N5O2. The van der Waals surface area contributed by atoms with Gasteiger partial charge in [0.1, 0.15) is 0 Å². The zero-order valence-electron chi connectivity index (χ0n) is 13.3. The SMILES string of the molecule is COc1nc(OC(F)(F)F)ccc1-c1ccc2nnc(C(C)(F)F)n2n1. The van der Waals surface area contributed by atoms with Crippen LogP contribution in [0.2, 0.25) is 0 Å². The number of pyridine rings is 1. The van der Waals surface area contributed by atoms with E-state index in [1.165, 1.54) is 25.3 Å². The molecule has 3 aromatic rings. The highest BCUT2D eigenvalue weighted by atomic mass is 19.4. The molecule has 0 N–H and O–H groups in total.